The smallest absolute Gasteiger partial charge is 0.329 e. The molecule has 4 atom stereocenters. The molecule has 1 saturated heterocycles. The molecule has 4 heterocycles. The second kappa shape index (κ2) is 17.0. The molecule has 1 aromatic heterocycles. The maximum absolute atomic E-state index is 13.8. The third kappa shape index (κ3) is 8.75. The van der Waals surface area contributed by atoms with Crippen molar-refractivity contribution in [3.05, 3.63) is 92.9 Å². The zero-order chi connectivity index (χ0) is 42.2. The van der Waals surface area contributed by atoms with E-state index in [2.05, 4.69) is 28.1 Å². The summed E-state index contributed by atoms with van der Waals surface area (Å²) in [7, 11) is -1.63. The summed E-state index contributed by atoms with van der Waals surface area (Å²) in [6.07, 6.45) is 9.16. The van der Waals surface area contributed by atoms with Gasteiger partial charge in [0.05, 0.1) is 21.6 Å². The molecule has 3 aliphatic rings. The number of benzene rings is 3. The van der Waals surface area contributed by atoms with E-state index in [-0.39, 0.29) is 47.2 Å². The highest BCUT2D eigenvalue weighted by Gasteiger charge is 2.43. The number of rotatable bonds is 14. The van der Waals surface area contributed by atoms with Gasteiger partial charge >= 0.3 is 5.69 Å². The molecule has 59 heavy (non-hydrogen) atoms. The Morgan fingerprint density at radius 1 is 0.847 bits per heavy atom. The van der Waals surface area contributed by atoms with Crippen LogP contribution in [0.3, 0.4) is 0 Å². The van der Waals surface area contributed by atoms with E-state index in [1.807, 2.05) is 25.1 Å². The van der Waals surface area contributed by atoms with Gasteiger partial charge in [0.15, 0.2) is 9.84 Å². The van der Waals surface area contributed by atoms with Crippen LogP contribution in [0.4, 0.5) is 5.69 Å². The summed E-state index contributed by atoms with van der Waals surface area (Å²) in [5.74, 6) is -1.88. The Bertz CT molecular complexity index is 2510. The molecule has 7 rings (SSSR count). The van der Waals surface area contributed by atoms with Crippen LogP contribution in [0.25, 0.3) is 11.0 Å². The molecule has 15 heteroatoms. The topological polar surface area (TPSA) is 186 Å². The highest BCUT2D eigenvalue weighted by Crippen LogP contribution is 2.41. The molecule has 5 amide bonds. The van der Waals surface area contributed by atoms with Gasteiger partial charge in [-0.1, -0.05) is 50.1 Å². The fourth-order valence-corrected chi connectivity index (χ4v) is 9.30. The largest absolute Gasteiger partial charge is 0.350 e. The molecule has 3 aromatic carbocycles. The Labute approximate surface area is 343 Å². The standard InChI is InChI=1S/C44H52N6O8S/c1-26-11-15-31-21-30(10-8-6-5-7-9-28-14-18-34-36(23-28)48(3)44(56)49(34)35-19-20-38(51)47-41(35)53)22-32-24-37(50(39(31)32)43(26)55)42(54)46-27(2)40(52)45-25-29-12-16-33(17-13-29)59(4,57)58/h12-14,16-18,21-23,26-27,35,37H,5-11,15,19-20,24-25H2,1-4H3,(H,45,52)(H,46,54)(H,47,51,53)/t26-,27-,35?,37-/m0/s1. The first kappa shape index (κ1) is 41.6. The third-order valence-electron chi connectivity index (χ3n) is 12.0. The van der Waals surface area contributed by atoms with Crippen molar-refractivity contribution in [3.8, 4) is 0 Å². The van der Waals surface area contributed by atoms with Crippen LogP contribution < -0.4 is 26.5 Å². The molecule has 0 aliphatic carbocycles. The quantitative estimate of drug-likeness (QED) is 0.127. The first-order chi connectivity index (χ1) is 28.1. The summed E-state index contributed by atoms with van der Waals surface area (Å²) >= 11 is 0. The minimum absolute atomic E-state index is 0.0849. The number of unbranched alkanes of at least 4 members (excludes halogenated alkanes) is 3. The lowest BCUT2D eigenvalue weighted by molar-refractivity contribution is -0.135. The van der Waals surface area contributed by atoms with Gasteiger partial charge in [0.1, 0.15) is 18.1 Å². The number of imide groups is 1. The zero-order valence-electron chi connectivity index (χ0n) is 34.0. The molecule has 4 aromatic rings. The van der Waals surface area contributed by atoms with Gasteiger partial charge < -0.3 is 10.6 Å². The molecular formula is C44H52N6O8S. The molecule has 0 spiro atoms. The molecule has 3 N–H and O–H groups in total. The predicted molar refractivity (Wildman–Crippen MR) is 222 cm³/mol. The molecule has 312 valence electrons. The Morgan fingerprint density at radius 2 is 1.53 bits per heavy atom. The molecule has 3 aliphatic heterocycles. The van der Waals surface area contributed by atoms with E-state index < -0.39 is 39.8 Å². The molecule has 14 nitrogen and oxygen atoms in total. The zero-order valence-corrected chi connectivity index (χ0v) is 34.8. The second-order valence-electron chi connectivity index (χ2n) is 16.4. The average molecular weight is 825 g/mol. The van der Waals surface area contributed by atoms with Gasteiger partial charge in [-0.05, 0) is 104 Å². The number of piperidine rings is 1. The van der Waals surface area contributed by atoms with E-state index in [1.165, 1.54) is 22.3 Å². The SMILES string of the molecule is C[C@H](NC(=O)[C@@H]1Cc2cc(CCCCCCc3ccc4c(c3)n(C)c(=O)n4C3CCC(=O)NC3=O)cc3c2N1C(=O)[C@@H](C)CC3)C(=O)NCc1ccc(S(C)(=O)=O)cc1. The Balaban J connectivity index is 0.928. The van der Waals surface area contributed by atoms with E-state index >= 15 is 0 Å². The van der Waals surface area contributed by atoms with E-state index in [9.17, 15) is 37.2 Å². The van der Waals surface area contributed by atoms with Crippen molar-refractivity contribution in [3.63, 3.8) is 0 Å². The number of aromatic nitrogens is 2. The number of imidazole rings is 1. The Hall–Kier alpha value is -5.57. The number of nitrogens with zero attached hydrogens (tertiary/aromatic N) is 3. The minimum Gasteiger partial charge on any atom is -0.350 e. The summed E-state index contributed by atoms with van der Waals surface area (Å²) in [5.41, 5.74) is 7.07. The first-order valence-electron chi connectivity index (χ1n) is 20.5. The highest BCUT2D eigenvalue weighted by atomic mass is 32.2. The number of hydrogen-bond donors (Lipinski definition) is 3. The van der Waals surface area contributed by atoms with E-state index in [4.69, 9.17) is 0 Å². The number of nitrogens with one attached hydrogen (secondary N) is 3. The lowest BCUT2D eigenvalue weighted by Crippen LogP contribution is -2.53. The van der Waals surface area contributed by atoms with Crippen LogP contribution in [0.15, 0.2) is 64.3 Å². The van der Waals surface area contributed by atoms with Crippen molar-refractivity contribution in [1.82, 2.24) is 25.1 Å². The molecule has 1 fully saturated rings. The van der Waals surface area contributed by atoms with Crippen LogP contribution in [-0.2, 0) is 73.1 Å². The number of aryl methyl sites for hydroxylation is 4. The van der Waals surface area contributed by atoms with Crippen LogP contribution in [0.1, 0.15) is 92.7 Å². The number of hydrogen-bond acceptors (Lipinski definition) is 8. The van der Waals surface area contributed by atoms with Crippen LogP contribution in [0, 0.1) is 5.92 Å². The summed E-state index contributed by atoms with van der Waals surface area (Å²) < 4.78 is 26.6. The Kier molecular flexibility index (Phi) is 12.0. The summed E-state index contributed by atoms with van der Waals surface area (Å²) in [5, 5.41) is 7.98. The Morgan fingerprint density at radius 3 is 2.22 bits per heavy atom. The maximum Gasteiger partial charge on any atom is 0.329 e. The molecule has 0 bridgehead atoms. The number of fused-ring (bicyclic) bond motifs is 1. The van der Waals surface area contributed by atoms with Crippen LogP contribution in [0.5, 0.6) is 0 Å². The number of carbonyl (C=O) groups excluding carboxylic acids is 5. The fourth-order valence-electron chi connectivity index (χ4n) is 8.67. The monoisotopic (exact) mass is 824 g/mol. The average Bonchev–Trinajstić information content (AvgIpc) is 3.66. The lowest BCUT2D eigenvalue weighted by atomic mass is 9.94. The second-order valence-corrected chi connectivity index (χ2v) is 18.4. The van der Waals surface area contributed by atoms with Gasteiger partial charge in [-0.25, -0.2) is 13.2 Å². The van der Waals surface area contributed by atoms with Gasteiger partial charge in [-0.15, -0.1) is 0 Å². The van der Waals surface area contributed by atoms with Gasteiger partial charge in [-0.2, -0.15) is 0 Å². The fraction of sp³-hybridized carbons (Fsp3) is 0.455. The molecule has 0 radical (unpaired) electrons. The van der Waals surface area contributed by atoms with Gasteiger partial charge in [0.2, 0.25) is 29.5 Å². The summed E-state index contributed by atoms with van der Waals surface area (Å²) in [6, 6.07) is 14.2. The maximum atomic E-state index is 13.8. The number of sulfone groups is 1. The lowest BCUT2D eigenvalue weighted by Gasteiger charge is -2.27. The van der Waals surface area contributed by atoms with E-state index in [1.54, 1.807) is 35.6 Å². The predicted octanol–water partition coefficient (Wildman–Crippen LogP) is 3.73. The number of amides is 5. The number of carbonyl (C=O) groups is 5. The minimum atomic E-state index is -3.33. The van der Waals surface area contributed by atoms with Crippen LogP contribution in [-0.4, -0.2) is 65.4 Å². The van der Waals surface area contributed by atoms with Crippen molar-refractivity contribution < 1.29 is 32.4 Å². The van der Waals surface area contributed by atoms with Crippen molar-refractivity contribution in [2.24, 2.45) is 13.0 Å². The number of anilines is 1. The first-order valence-corrected chi connectivity index (χ1v) is 22.4. The third-order valence-corrected chi connectivity index (χ3v) is 13.2. The molecule has 0 saturated carbocycles. The van der Waals surface area contributed by atoms with E-state index in [0.717, 1.165) is 79.1 Å². The van der Waals surface area contributed by atoms with Crippen molar-refractivity contribution in [2.45, 2.75) is 114 Å². The van der Waals surface area contributed by atoms with Gasteiger partial charge in [0.25, 0.3) is 0 Å². The molecule has 1 unspecified atom stereocenters. The molecular weight excluding hydrogens is 773 g/mol. The van der Waals surface area contributed by atoms with Gasteiger partial charge in [-0.3, -0.25) is 43.3 Å². The van der Waals surface area contributed by atoms with Crippen LogP contribution >= 0.6 is 0 Å². The van der Waals surface area contributed by atoms with Crippen molar-refractivity contribution in [1.29, 1.82) is 0 Å². The normalized spacial score (nSPS) is 19.6. The van der Waals surface area contributed by atoms with E-state index in [0.29, 0.717) is 30.3 Å². The summed E-state index contributed by atoms with van der Waals surface area (Å²) in [4.78, 5) is 79.6. The van der Waals surface area contributed by atoms with Crippen molar-refractivity contribution >= 4 is 56.1 Å². The van der Waals surface area contributed by atoms with Gasteiger partial charge in [0, 0.05) is 38.6 Å². The summed E-state index contributed by atoms with van der Waals surface area (Å²) in [6.45, 7) is 3.66. The highest BCUT2D eigenvalue weighted by molar-refractivity contribution is 7.90. The van der Waals surface area contributed by atoms with Crippen LogP contribution in [0.2, 0.25) is 0 Å². The van der Waals surface area contributed by atoms with Crippen molar-refractivity contribution in [2.75, 3.05) is 11.2 Å².